The maximum Gasteiger partial charge on any atom is 0.254 e. The molecule has 32 heavy (non-hydrogen) atoms. The van der Waals surface area contributed by atoms with Gasteiger partial charge in [-0.25, -0.2) is 4.52 Å². The van der Waals surface area contributed by atoms with Crippen LogP contribution in [0.2, 0.25) is 0 Å². The van der Waals surface area contributed by atoms with Crippen LogP contribution in [0.4, 0.5) is 5.82 Å². The van der Waals surface area contributed by atoms with E-state index < -0.39 is 0 Å². The zero-order chi connectivity index (χ0) is 22.2. The summed E-state index contributed by atoms with van der Waals surface area (Å²) in [5.74, 6) is 1.67. The number of hydrogen-bond acceptors (Lipinski definition) is 4. The second-order valence-corrected chi connectivity index (χ2v) is 8.28. The van der Waals surface area contributed by atoms with Gasteiger partial charge in [-0.3, -0.25) is 4.57 Å². The Morgan fingerprint density at radius 1 is 1.00 bits per heavy atom. The molecule has 0 atom stereocenters. The van der Waals surface area contributed by atoms with Gasteiger partial charge in [0.05, 0.1) is 17.1 Å². The van der Waals surface area contributed by atoms with Crippen molar-refractivity contribution in [1.29, 1.82) is 5.26 Å². The summed E-state index contributed by atoms with van der Waals surface area (Å²) in [6.45, 7) is 7.01. The van der Waals surface area contributed by atoms with Crippen LogP contribution in [0.1, 0.15) is 42.3 Å². The fraction of sp³-hybridized carbons (Fsp3) is 0.192. The fourth-order valence-electron chi connectivity index (χ4n) is 4.17. The van der Waals surface area contributed by atoms with Crippen LogP contribution in [-0.4, -0.2) is 19.2 Å². The number of nitrogens with one attached hydrogen (secondary N) is 1. The molecule has 0 bridgehead atoms. The molecule has 1 N–H and O–H groups in total. The summed E-state index contributed by atoms with van der Waals surface area (Å²) in [6, 6.07) is 24.5. The molecular weight excluding hydrogens is 396 g/mol. The number of anilines is 1. The van der Waals surface area contributed by atoms with Gasteiger partial charge in [-0.1, -0.05) is 50.2 Å². The predicted octanol–water partition coefficient (Wildman–Crippen LogP) is 5.59. The molecule has 6 nitrogen and oxygen atoms in total. The Hall–Kier alpha value is -4.11. The number of fused-ring (bicyclic) bond motifs is 2. The minimum Gasteiger partial charge on any atom is -0.364 e. The van der Waals surface area contributed by atoms with E-state index in [1.165, 1.54) is 5.56 Å². The van der Waals surface area contributed by atoms with Crippen molar-refractivity contribution >= 4 is 22.2 Å². The maximum atomic E-state index is 9.54. The molecule has 0 saturated heterocycles. The van der Waals surface area contributed by atoms with E-state index in [4.69, 9.17) is 10.1 Å². The highest BCUT2D eigenvalue weighted by Crippen LogP contribution is 2.28. The lowest BCUT2D eigenvalue weighted by Crippen LogP contribution is -2.12. The number of rotatable bonds is 5. The Kier molecular flexibility index (Phi) is 4.87. The average molecular weight is 421 g/mol. The molecule has 0 amide bonds. The van der Waals surface area contributed by atoms with Gasteiger partial charge in [0.15, 0.2) is 5.82 Å². The molecule has 0 aliphatic carbocycles. The number of aryl methyl sites for hydroxylation is 1. The predicted molar refractivity (Wildman–Crippen MR) is 127 cm³/mol. The van der Waals surface area contributed by atoms with Crippen molar-refractivity contribution in [3.8, 4) is 12.0 Å². The van der Waals surface area contributed by atoms with E-state index in [9.17, 15) is 5.26 Å². The van der Waals surface area contributed by atoms with E-state index in [0.29, 0.717) is 24.0 Å². The monoisotopic (exact) mass is 420 g/mol. The van der Waals surface area contributed by atoms with Crippen LogP contribution in [0, 0.1) is 18.3 Å². The molecule has 3 heterocycles. The highest BCUT2D eigenvalue weighted by Gasteiger charge is 2.18. The minimum absolute atomic E-state index is 0.315. The number of benzene rings is 2. The van der Waals surface area contributed by atoms with Gasteiger partial charge in [-0.05, 0) is 48.7 Å². The van der Waals surface area contributed by atoms with Crippen LogP contribution in [0.3, 0.4) is 0 Å². The normalized spacial score (nSPS) is 11.3. The second kappa shape index (κ2) is 7.86. The van der Waals surface area contributed by atoms with Crippen LogP contribution in [0.25, 0.3) is 22.4 Å². The van der Waals surface area contributed by atoms with Crippen molar-refractivity contribution in [1.82, 2.24) is 19.2 Å². The molecule has 0 fully saturated rings. The first-order valence-electron chi connectivity index (χ1n) is 10.8. The van der Waals surface area contributed by atoms with Crippen molar-refractivity contribution in [2.24, 2.45) is 0 Å². The molecule has 0 unspecified atom stereocenters. The van der Waals surface area contributed by atoms with Gasteiger partial charge in [0.2, 0.25) is 0 Å². The van der Waals surface area contributed by atoms with E-state index in [2.05, 4.69) is 49.5 Å². The van der Waals surface area contributed by atoms with Crippen LogP contribution in [-0.2, 0) is 6.54 Å². The Bertz CT molecular complexity index is 1470. The van der Waals surface area contributed by atoms with Crippen molar-refractivity contribution in [2.75, 3.05) is 5.32 Å². The molecule has 0 saturated carbocycles. The number of nitriles is 1. The highest BCUT2D eigenvalue weighted by molar-refractivity contribution is 5.88. The molecule has 0 radical (unpaired) electrons. The molecule has 5 rings (SSSR count). The van der Waals surface area contributed by atoms with Gasteiger partial charge in [0.1, 0.15) is 5.52 Å². The summed E-state index contributed by atoms with van der Waals surface area (Å²) in [6.07, 6.45) is 0. The van der Waals surface area contributed by atoms with E-state index in [0.717, 1.165) is 33.6 Å². The third-order valence-corrected chi connectivity index (χ3v) is 5.77. The zero-order valence-electron chi connectivity index (χ0n) is 18.4. The number of hydrogen-bond donors (Lipinski definition) is 1. The molecule has 0 aliphatic heterocycles. The molecular formula is C26H24N6. The zero-order valence-corrected chi connectivity index (χ0v) is 18.4. The van der Waals surface area contributed by atoms with Gasteiger partial charge >= 0.3 is 0 Å². The Morgan fingerprint density at radius 3 is 2.56 bits per heavy atom. The van der Waals surface area contributed by atoms with Crippen molar-refractivity contribution in [3.05, 3.63) is 89.2 Å². The SMILES string of the molecule is Cc1cc2c(C#N)cccc2n1-c1nc(NCc2ccccc2)c2ccc(C(C)C)n2n1. The van der Waals surface area contributed by atoms with Crippen LogP contribution in [0.5, 0.6) is 0 Å². The largest absolute Gasteiger partial charge is 0.364 e. The third kappa shape index (κ3) is 3.28. The van der Waals surface area contributed by atoms with Gasteiger partial charge in [-0.15, -0.1) is 5.10 Å². The van der Waals surface area contributed by atoms with Crippen LogP contribution >= 0.6 is 0 Å². The summed E-state index contributed by atoms with van der Waals surface area (Å²) >= 11 is 0. The molecule has 0 aliphatic rings. The lowest BCUT2D eigenvalue weighted by molar-refractivity contribution is 0.733. The second-order valence-electron chi connectivity index (χ2n) is 8.28. The Labute approximate surface area is 186 Å². The molecule has 3 aromatic heterocycles. The van der Waals surface area contributed by atoms with Crippen molar-refractivity contribution in [3.63, 3.8) is 0 Å². The van der Waals surface area contributed by atoms with Gasteiger partial charge in [0.25, 0.3) is 5.95 Å². The van der Waals surface area contributed by atoms with Crippen molar-refractivity contribution in [2.45, 2.75) is 33.2 Å². The average Bonchev–Trinajstić information content (AvgIpc) is 3.38. The summed E-state index contributed by atoms with van der Waals surface area (Å²) in [4.78, 5) is 4.93. The van der Waals surface area contributed by atoms with Crippen LogP contribution in [0.15, 0.2) is 66.7 Å². The smallest absolute Gasteiger partial charge is 0.254 e. The summed E-state index contributed by atoms with van der Waals surface area (Å²) < 4.78 is 4.01. The Morgan fingerprint density at radius 2 is 1.81 bits per heavy atom. The van der Waals surface area contributed by atoms with Crippen LogP contribution < -0.4 is 5.32 Å². The first-order valence-corrected chi connectivity index (χ1v) is 10.8. The number of aromatic nitrogens is 4. The fourth-order valence-corrected chi connectivity index (χ4v) is 4.17. The molecule has 6 heteroatoms. The lowest BCUT2D eigenvalue weighted by Gasteiger charge is -2.14. The van der Waals surface area contributed by atoms with Gasteiger partial charge < -0.3 is 5.32 Å². The van der Waals surface area contributed by atoms with Gasteiger partial charge in [0, 0.05) is 23.3 Å². The topological polar surface area (TPSA) is 70.9 Å². The third-order valence-electron chi connectivity index (χ3n) is 5.77. The summed E-state index contributed by atoms with van der Waals surface area (Å²) in [7, 11) is 0. The first-order chi connectivity index (χ1) is 15.6. The highest BCUT2D eigenvalue weighted by atomic mass is 15.3. The molecule has 0 spiro atoms. The summed E-state index contributed by atoms with van der Waals surface area (Å²) in [5, 5.41) is 18.9. The maximum absolute atomic E-state index is 9.54. The standard InChI is InChI=1S/C26H24N6/c1-17(2)22-12-13-24-25(28-16-19-8-5-4-6-9-19)29-26(30-32(22)24)31-18(3)14-21-20(15-27)10-7-11-23(21)31/h4-14,17H,16H2,1-3H3,(H,28,29,30). The van der Waals surface area contributed by atoms with E-state index in [1.807, 2.05) is 58.5 Å². The first kappa shape index (κ1) is 19.8. The summed E-state index contributed by atoms with van der Waals surface area (Å²) in [5.41, 5.74) is 5.81. The van der Waals surface area contributed by atoms with E-state index >= 15 is 0 Å². The Balaban J connectivity index is 1.70. The van der Waals surface area contributed by atoms with E-state index in [1.54, 1.807) is 0 Å². The molecule has 2 aromatic carbocycles. The molecule has 158 valence electrons. The van der Waals surface area contributed by atoms with Crippen molar-refractivity contribution < 1.29 is 0 Å². The number of nitrogens with zero attached hydrogens (tertiary/aromatic N) is 5. The molecule has 5 aromatic rings. The minimum atomic E-state index is 0.315. The lowest BCUT2D eigenvalue weighted by atomic mass is 10.1. The van der Waals surface area contributed by atoms with Gasteiger partial charge in [-0.2, -0.15) is 10.2 Å². The quantitative estimate of drug-likeness (QED) is 0.402. The van der Waals surface area contributed by atoms with E-state index in [-0.39, 0.29) is 0 Å².